The average Bonchev–Trinajstić information content (AvgIpc) is 2.26. The van der Waals surface area contributed by atoms with Crippen molar-refractivity contribution in [1.82, 2.24) is 0 Å². The number of halogens is 1. The van der Waals surface area contributed by atoms with Crippen LogP contribution in [0.25, 0.3) is 0 Å². The van der Waals surface area contributed by atoms with Crippen LogP contribution in [0, 0.1) is 0 Å². The Morgan fingerprint density at radius 3 is 2.69 bits per heavy atom. The minimum absolute atomic E-state index is 0.106. The molecular formula is C12H11ClO3. The first-order valence-electron chi connectivity index (χ1n) is 4.69. The van der Waals surface area contributed by atoms with Crippen molar-refractivity contribution in [1.29, 1.82) is 0 Å². The Hall–Kier alpha value is -1.61. The van der Waals surface area contributed by atoms with Crippen LogP contribution in [0.4, 0.5) is 0 Å². The molecule has 4 heteroatoms. The van der Waals surface area contributed by atoms with Crippen molar-refractivity contribution < 1.29 is 14.3 Å². The van der Waals surface area contributed by atoms with Crippen LogP contribution in [-0.2, 0) is 9.53 Å². The van der Waals surface area contributed by atoms with E-state index in [2.05, 4.69) is 6.58 Å². The van der Waals surface area contributed by atoms with Crippen LogP contribution in [0.3, 0.4) is 0 Å². The monoisotopic (exact) mass is 238 g/mol. The summed E-state index contributed by atoms with van der Waals surface area (Å²) in [5, 5.41) is 0.337. The zero-order valence-electron chi connectivity index (χ0n) is 8.61. The van der Waals surface area contributed by atoms with E-state index in [0.29, 0.717) is 10.6 Å². The molecule has 0 aromatic heterocycles. The molecule has 3 nitrogen and oxygen atoms in total. The number of rotatable bonds is 5. The maximum absolute atomic E-state index is 11.6. The molecule has 0 spiro atoms. The number of carbonyl (C=O) groups excluding carboxylic acids is 2. The molecular weight excluding hydrogens is 228 g/mol. The lowest BCUT2D eigenvalue weighted by atomic mass is 10.1. The molecule has 0 amide bonds. The van der Waals surface area contributed by atoms with Gasteiger partial charge in [-0.25, -0.2) is 0 Å². The first-order valence-corrected chi connectivity index (χ1v) is 5.07. The molecule has 0 N–H and O–H groups in total. The van der Waals surface area contributed by atoms with E-state index in [-0.39, 0.29) is 18.8 Å². The second-order valence-corrected chi connectivity index (χ2v) is 3.46. The molecule has 1 rings (SSSR count). The van der Waals surface area contributed by atoms with Crippen LogP contribution in [0.1, 0.15) is 16.8 Å². The quantitative estimate of drug-likeness (QED) is 0.343. The molecule has 84 valence electrons. The van der Waals surface area contributed by atoms with Gasteiger partial charge in [-0.2, -0.15) is 0 Å². The zero-order chi connectivity index (χ0) is 12.0. The van der Waals surface area contributed by atoms with E-state index in [4.69, 9.17) is 16.3 Å². The zero-order valence-corrected chi connectivity index (χ0v) is 9.37. The number of carbonyl (C=O) groups is 2. The Morgan fingerprint density at radius 2 is 2.06 bits per heavy atom. The first-order chi connectivity index (χ1) is 7.65. The van der Waals surface area contributed by atoms with E-state index in [9.17, 15) is 9.59 Å². The highest BCUT2D eigenvalue weighted by molar-refractivity contribution is 6.34. The molecule has 0 bridgehead atoms. The SMILES string of the molecule is C=CCOC(=O)CC(=O)c1ccccc1Cl. The summed E-state index contributed by atoms with van der Waals surface area (Å²) < 4.78 is 4.70. The van der Waals surface area contributed by atoms with Gasteiger partial charge in [-0.15, -0.1) is 0 Å². The van der Waals surface area contributed by atoms with Crippen LogP contribution in [-0.4, -0.2) is 18.4 Å². The molecule has 0 aliphatic rings. The van der Waals surface area contributed by atoms with Gasteiger partial charge in [0, 0.05) is 5.56 Å². The van der Waals surface area contributed by atoms with Gasteiger partial charge in [0.1, 0.15) is 13.0 Å². The first kappa shape index (κ1) is 12.5. The Bertz CT molecular complexity index is 412. The van der Waals surface area contributed by atoms with E-state index in [1.54, 1.807) is 24.3 Å². The molecule has 0 saturated carbocycles. The van der Waals surface area contributed by atoms with E-state index in [1.165, 1.54) is 6.08 Å². The van der Waals surface area contributed by atoms with Crippen molar-refractivity contribution in [3.63, 3.8) is 0 Å². The molecule has 0 fully saturated rings. The van der Waals surface area contributed by atoms with Crippen molar-refractivity contribution in [2.75, 3.05) is 6.61 Å². The number of esters is 1. The standard InChI is InChI=1S/C12H11ClO3/c1-2-7-16-12(15)8-11(14)9-5-3-4-6-10(9)13/h2-6H,1,7-8H2. The van der Waals surface area contributed by atoms with Gasteiger partial charge in [0.15, 0.2) is 5.78 Å². The minimum Gasteiger partial charge on any atom is -0.461 e. The molecule has 16 heavy (non-hydrogen) atoms. The molecule has 0 heterocycles. The van der Waals surface area contributed by atoms with Gasteiger partial charge in [-0.05, 0) is 12.1 Å². The molecule has 0 saturated heterocycles. The highest BCUT2D eigenvalue weighted by Gasteiger charge is 2.14. The smallest absolute Gasteiger partial charge is 0.314 e. The van der Waals surface area contributed by atoms with Crippen LogP contribution in [0.15, 0.2) is 36.9 Å². The summed E-state index contributed by atoms with van der Waals surface area (Å²) in [6, 6.07) is 6.58. The van der Waals surface area contributed by atoms with Gasteiger partial charge in [0.2, 0.25) is 0 Å². The van der Waals surface area contributed by atoms with E-state index < -0.39 is 5.97 Å². The summed E-state index contributed by atoms with van der Waals surface area (Å²) >= 11 is 5.82. The van der Waals surface area contributed by atoms with E-state index in [1.807, 2.05) is 0 Å². The van der Waals surface area contributed by atoms with Crippen molar-refractivity contribution in [2.45, 2.75) is 6.42 Å². The molecule has 1 aromatic carbocycles. The summed E-state index contributed by atoms with van der Waals surface area (Å²) in [5.74, 6) is -0.926. The minimum atomic E-state index is -0.579. The molecule has 0 aliphatic carbocycles. The lowest BCUT2D eigenvalue weighted by Gasteiger charge is -2.03. The molecule has 0 unspecified atom stereocenters. The summed E-state index contributed by atoms with van der Waals surface area (Å²) in [5.41, 5.74) is 0.333. The normalized spacial score (nSPS) is 9.56. The highest BCUT2D eigenvalue weighted by atomic mass is 35.5. The van der Waals surface area contributed by atoms with E-state index in [0.717, 1.165) is 0 Å². The Labute approximate surface area is 98.7 Å². The van der Waals surface area contributed by atoms with Crippen molar-refractivity contribution in [3.8, 4) is 0 Å². The third kappa shape index (κ3) is 3.51. The third-order valence-electron chi connectivity index (χ3n) is 1.84. The fourth-order valence-corrected chi connectivity index (χ4v) is 1.36. The number of hydrogen-bond acceptors (Lipinski definition) is 3. The Morgan fingerprint density at radius 1 is 1.38 bits per heavy atom. The number of ketones is 1. The molecule has 0 radical (unpaired) electrons. The maximum Gasteiger partial charge on any atom is 0.314 e. The fraction of sp³-hybridized carbons (Fsp3) is 0.167. The largest absolute Gasteiger partial charge is 0.461 e. The number of Topliss-reactive ketones (excluding diaryl/α,β-unsaturated/α-hetero) is 1. The maximum atomic E-state index is 11.6. The Kier molecular flexibility index (Phi) is 4.73. The lowest BCUT2D eigenvalue weighted by molar-refractivity contribution is -0.141. The molecule has 0 aliphatic heterocycles. The average molecular weight is 239 g/mol. The predicted molar refractivity (Wildman–Crippen MR) is 61.6 cm³/mol. The van der Waals surface area contributed by atoms with Crippen molar-refractivity contribution in [2.24, 2.45) is 0 Å². The fourth-order valence-electron chi connectivity index (χ4n) is 1.12. The van der Waals surface area contributed by atoms with Crippen molar-refractivity contribution >= 4 is 23.4 Å². The van der Waals surface area contributed by atoms with Gasteiger partial charge < -0.3 is 4.74 Å². The predicted octanol–water partition coefficient (Wildman–Crippen LogP) is 2.64. The van der Waals surface area contributed by atoms with Gasteiger partial charge >= 0.3 is 5.97 Å². The van der Waals surface area contributed by atoms with Crippen LogP contribution in [0.2, 0.25) is 5.02 Å². The summed E-state index contributed by atoms with van der Waals surface area (Å²) in [4.78, 5) is 22.8. The summed E-state index contributed by atoms with van der Waals surface area (Å²) in [6.07, 6.45) is 1.13. The van der Waals surface area contributed by atoms with Gasteiger partial charge in [0.05, 0.1) is 5.02 Å². The summed E-state index contributed by atoms with van der Waals surface area (Å²) in [6.45, 7) is 3.51. The molecule has 1 aromatic rings. The number of ether oxygens (including phenoxy) is 1. The number of benzene rings is 1. The van der Waals surface area contributed by atoms with Crippen LogP contribution >= 0.6 is 11.6 Å². The number of hydrogen-bond donors (Lipinski definition) is 0. The molecule has 0 atom stereocenters. The summed E-state index contributed by atoms with van der Waals surface area (Å²) in [7, 11) is 0. The second-order valence-electron chi connectivity index (χ2n) is 3.05. The highest BCUT2D eigenvalue weighted by Crippen LogP contribution is 2.16. The van der Waals surface area contributed by atoms with Gasteiger partial charge in [-0.3, -0.25) is 9.59 Å². The van der Waals surface area contributed by atoms with Gasteiger partial charge in [0.25, 0.3) is 0 Å². The lowest BCUT2D eigenvalue weighted by Crippen LogP contribution is -2.11. The Balaban J connectivity index is 2.62. The second kappa shape index (κ2) is 6.08. The van der Waals surface area contributed by atoms with Crippen LogP contribution < -0.4 is 0 Å². The van der Waals surface area contributed by atoms with Gasteiger partial charge in [-0.1, -0.05) is 36.4 Å². The van der Waals surface area contributed by atoms with Crippen LogP contribution in [0.5, 0.6) is 0 Å². The topological polar surface area (TPSA) is 43.4 Å². The van der Waals surface area contributed by atoms with E-state index >= 15 is 0 Å². The third-order valence-corrected chi connectivity index (χ3v) is 2.17. The van der Waals surface area contributed by atoms with Crippen molar-refractivity contribution in [3.05, 3.63) is 47.5 Å².